The van der Waals surface area contributed by atoms with Gasteiger partial charge in [0, 0.05) is 0 Å². The van der Waals surface area contributed by atoms with Gasteiger partial charge in [0.2, 0.25) is 0 Å². The highest BCUT2D eigenvalue weighted by atomic mass is 16.5. The van der Waals surface area contributed by atoms with Crippen LogP contribution < -0.4 is 5.32 Å². The molecule has 0 saturated heterocycles. The number of esters is 1. The molecule has 0 spiro atoms. The molecular formula is C34H73NO2. The normalized spacial score (nSPS) is 11.2. The Balaban J connectivity index is -0.00000125. The van der Waals surface area contributed by atoms with E-state index in [9.17, 15) is 4.79 Å². The smallest absolute Gasteiger partial charge is 0.308 e. The molecule has 0 aromatic rings. The van der Waals surface area contributed by atoms with Crippen molar-refractivity contribution in [2.75, 3.05) is 20.2 Å². The van der Waals surface area contributed by atoms with Crippen LogP contribution in [0.15, 0.2) is 0 Å². The molecule has 1 unspecified atom stereocenters. The summed E-state index contributed by atoms with van der Waals surface area (Å²) >= 11 is 0. The maximum atomic E-state index is 12.6. The third kappa shape index (κ3) is 40.1. The number of hydrogen-bond acceptors (Lipinski definition) is 3. The van der Waals surface area contributed by atoms with E-state index in [2.05, 4.69) is 46.9 Å². The van der Waals surface area contributed by atoms with Gasteiger partial charge in [0.1, 0.15) is 0 Å². The largest absolute Gasteiger partial charge is 0.465 e. The van der Waals surface area contributed by atoms with Gasteiger partial charge in [0.05, 0.1) is 12.5 Å². The number of rotatable bonds is 25. The van der Waals surface area contributed by atoms with Crippen molar-refractivity contribution < 1.29 is 9.53 Å². The summed E-state index contributed by atoms with van der Waals surface area (Å²) in [5.41, 5.74) is 0. The minimum absolute atomic E-state index is 0.0922. The molecule has 0 saturated carbocycles. The summed E-state index contributed by atoms with van der Waals surface area (Å²) in [6.07, 6.45) is 29.1. The van der Waals surface area contributed by atoms with Crippen molar-refractivity contribution in [2.24, 2.45) is 5.92 Å². The first kappa shape index (κ1) is 40.9. The van der Waals surface area contributed by atoms with E-state index in [1.54, 1.807) is 0 Å². The molecule has 37 heavy (non-hydrogen) atoms. The number of carbonyl (C=O) groups is 1. The third-order valence-corrected chi connectivity index (χ3v) is 6.64. The number of carbonyl (C=O) groups excluding carboxylic acids is 1. The van der Waals surface area contributed by atoms with Crippen molar-refractivity contribution in [3.8, 4) is 0 Å². The minimum Gasteiger partial charge on any atom is -0.465 e. The predicted octanol–water partition coefficient (Wildman–Crippen LogP) is 11.4. The van der Waals surface area contributed by atoms with Crippen LogP contribution in [0.4, 0.5) is 0 Å². The summed E-state index contributed by atoms with van der Waals surface area (Å²) < 4.78 is 5.68. The summed E-state index contributed by atoms with van der Waals surface area (Å²) in [6.45, 7) is 14.9. The van der Waals surface area contributed by atoms with Gasteiger partial charge in [-0.05, 0) is 39.3 Å². The lowest BCUT2D eigenvalue weighted by atomic mass is 9.94. The average molecular weight is 528 g/mol. The molecule has 3 heteroatoms. The molecule has 0 radical (unpaired) electrons. The molecule has 0 aliphatic heterocycles. The van der Waals surface area contributed by atoms with E-state index in [0.29, 0.717) is 6.61 Å². The summed E-state index contributed by atoms with van der Waals surface area (Å²) in [4.78, 5) is 12.6. The molecular weight excluding hydrogens is 454 g/mol. The van der Waals surface area contributed by atoms with Gasteiger partial charge < -0.3 is 10.1 Å². The van der Waals surface area contributed by atoms with Crippen molar-refractivity contribution in [3.63, 3.8) is 0 Å². The number of ether oxygens (including phenoxy) is 1. The SMILES string of the molecule is CCC.CCCCCCCCCCCOC(=O)C(CCCCCC)CCCCCCCC.CCCNC. The standard InChI is InChI=1S/C27H54O2.C4H11N.C3H8/c1-4-7-10-13-15-16-17-19-22-25-29-27(28)26(23-20-12-9-6-3)24-21-18-14-11-8-5-2;1-3-4-5-2;1-3-2/h26H,4-25H2,1-3H3;5H,3-4H2,1-2H3;3H2,1-2H3. The van der Waals surface area contributed by atoms with Crippen molar-refractivity contribution in [1.82, 2.24) is 5.32 Å². The molecule has 0 aromatic heterocycles. The van der Waals surface area contributed by atoms with Gasteiger partial charge in [0.25, 0.3) is 0 Å². The highest BCUT2D eigenvalue weighted by molar-refractivity contribution is 5.72. The van der Waals surface area contributed by atoms with Gasteiger partial charge in [-0.25, -0.2) is 0 Å². The lowest BCUT2D eigenvalue weighted by molar-refractivity contribution is -0.149. The van der Waals surface area contributed by atoms with Crippen LogP contribution in [0, 0.1) is 5.92 Å². The van der Waals surface area contributed by atoms with Crippen LogP contribution in [-0.4, -0.2) is 26.2 Å². The minimum atomic E-state index is 0.0922. The van der Waals surface area contributed by atoms with E-state index >= 15 is 0 Å². The van der Waals surface area contributed by atoms with Crippen molar-refractivity contribution >= 4 is 5.97 Å². The molecule has 226 valence electrons. The van der Waals surface area contributed by atoms with Crippen molar-refractivity contribution in [3.05, 3.63) is 0 Å². The topological polar surface area (TPSA) is 38.3 Å². The zero-order chi connectivity index (χ0) is 28.2. The maximum absolute atomic E-state index is 12.6. The van der Waals surface area contributed by atoms with Crippen LogP contribution in [0.3, 0.4) is 0 Å². The van der Waals surface area contributed by atoms with E-state index in [4.69, 9.17) is 4.74 Å². The Morgan fingerprint density at radius 3 is 1.24 bits per heavy atom. The summed E-state index contributed by atoms with van der Waals surface area (Å²) in [5, 5.41) is 3.02. The quantitative estimate of drug-likeness (QED) is 0.0947. The van der Waals surface area contributed by atoms with Crippen molar-refractivity contribution in [1.29, 1.82) is 0 Å². The van der Waals surface area contributed by atoms with Gasteiger partial charge >= 0.3 is 5.97 Å². The molecule has 3 nitrogen and oxygen atoms in total. The number of nitrogens with one attached hydrogen (secondary N) is 1. The first-order valence-corrected chi connectivity index (χ1v) is 16.9. The summed E-state index contributed by atoms with van der Waals surface area (Å²) in [5.74, 6) is 0.242. The van der Waals surface area contributed by atoms with Crippen LogP contribution in [0.2, 0.25) is 0 Å². The summed E-state index contributed by atoms with van der Waals surface area (Å²) in [6, 6.07) is 0. The maximum Gasteiger partial charge on any atom is 0.308 e. The fraction of sp³-hybridized carbons (Fsp3) is 0.971. The van der Waals surface area contributed by atoms with Gasteiger partial charge in [-0.3, -0.25) is 4.79 Å². The predicted molar refractivity (Wildman–Crippen MR) is 169 cm³/mol. The molecule has 0 fully saturated rings. The van der Waals surface area contributed by atoms with Gasteiger partial charge in [0.15, 0.2) is 0 Å². The second kappa shape index (κ2) is 39.9. The lowest BCUT2D eigenvalue weighted by Gasteiger charge is -2.16. The molecule has 0 rings (SSSR count). The Bertz CT molecular complexity index is 384. The van der Waals surface area contributed by atoms with Crippen LogP contribution in [0.1, 0.15) is 189 Å². The second-order valence-electron chi connectivity index (χ2n) is 10.9. The zero-order valence-electron chi connectivity index (χ0n) is 27.1. The summed E-state index contributed by atoms with van der Waals surface area (Å²) in [7, 11) is 1.96. The first-order chi connectivity index (χ1) is 18.1. The van der Waals surface area contributed by atoms with Crippen LogP contribution >= 0.6 is 0 Å². The van der Waals surface area contributed by atoms with Gasteiger partial charge in [-0.1, -0.05) is 164 Å². The molecule has 0 aliphatic rings. The van der Waals surface area contributed by atoms with Gasteiger partial charge in [-0.15, -0.1) is 0 Å². The van der Waals surface area contributed by atoms with E-state index in [1.165, 1.54) is 128 Å². The highest BCUT2D eigenvalue weighted by Gasteiger charge is 2.19. The molecule has 0 amide bonds. The Labute approximate surface area is 236 Å². The third-order valence-electron chi connectivity index (χ3n) is 6.64. The lowest BCUT2D eigenvalue weighted by Crippen LogP contribution is -2.18. The first-order valence-electron chi connectivity index (χ1n) is 16.9. The Morgan fingerprint density at radius 2 is 0.892 bits per heavy atom. The average Bonchev–Trinajstić information content (AvgIpc) is 2.89. The molecule has 0 heterocycles. The number of unbranched alkanes of at least 4 members (excludes halogenated alkanes) is 16. The molecule has 1 atom stereocenters. The van der Waals surface area contributed by atoms with Gasteiger partial charge in [-0.2, -0.15) is 0 Å². The molecule has 0 bridgehead atoms. The van der Waals surface area contributed by atoms with Crippen LogP contribution in [-0.2, 0) is 9.53 Å². The van der Waals surface area contributed by atoms with E-state index in [0.717, 1.165) is 25.8 Å². The monoisotopic (exact) mass is 528 g/mol. The molecule has 1 N–H and O–H groups in total. The van der Waals surface area contributed by atoms with Crippen LogP contribution in [0.5, 0.6) is 0 Å². The van der Waals surface area contributed by atoms with Crippen molar-refractivity contribution in [2.45, 2.75) is 189 Å². The Kier molecular flexibility index (Phi) is 44.2. The fourth-order valence-electron chi connectivity index (χ4n) is 4.32. The van der Waals surface area contributed by atoms with E-state index in [1.807, 2.05) is 7.05 Å². The van der Waals surface area contributed by atoms with E-state index < -0.39 is 0 Å². The second-order valence-corrected chi connectivity index (χ2v) is 10.9. The fourth-order valence-corrected chi connectivity index (χ4v) is 4.32. The highest BCUT2D eigenvalue weighted by Crippen LogP contribution is 2.20. The Morgan fingerprint density at radius 1 is 0.541 bits per heavy atom. The molecule has 0 aromatic carbocycles. The molecule has 0 aliphatic carbocycles. The Hall–Kier alpha value is -0.570. The number of hydrogen-bond donors (Lipinski definition) is 1. The van der Waals surface area contributed by atoms with Crippen LogP contribution in [0.25, 0.3) is 0 Å². The van der Waals surface area contributed by atoms with E-state index in [-0.39, 0.29) is 11.9 Å². The zero-order valence-corrected chi connectivity index (χ0v) is 27.1.